The van der Waals surface area contributed by atoms with Gasteiger partial charge in [0, 0.05) is 18.6 Å². The number of hydrogen-bond donors (Lipinski definition) is 1. The van der Waals surface area contributed by atoms with Crippen LogP contribution >= 0.6 is 0 Å². The highest BCUT2D eigenvalue weighted by Gasteiger charge is 2.28. The molecule has 1 saturated carbocycles. The molecule has 0 bridgehead atoms. The van der Waals surface area contributed by atoms with Crippen LogP contribution in [0.4, 0.5) is 0 Å². The Bertz CT molecular complexity index is 400. The Morgan fingerprint density at radius 1 is 1.30 bits per heavy atom. The second kappa shape index (κ2) is 7.09. The summed E-state index contributed by atoms with van der Waals surface area (Å²) in [6.07, 6.45) is 2.82. The van der Waals surface area contributed by atoms with E-state index in [4.69, 9.17) is 4.74 Å². The Balaban J connectivity index is 2.06. The van der Waals surface area contributed by atoms with Crippen LogP contribution in [0.15, 0.2) is 24.3 Å². The Hall–Kier alpha value is -1.06. The van der Waals surface area contributed by atoms with E-state index in [-0.39, 0.29) is 0 Å². The first-order chi connectivity index (χ1) is 9.65. The van der Waals surface area contributed by atoms with E-state index >= 15 is 0 Å². The molecule has 112 valence electrons. The first-order valence-corrected chi connectivity index (χ1v) is 7.73. The van der Waals surface area contributed by atoms with Crippen LogP contribution in [0.25, 0.3) is 0 Å². The Kier molecular flexibility index (Phi) is 5.44. The molecule has 0 aliphatic heterocycles. The van der Waals surface area contributed by atoms with Gasteiger partial charge in [-0.3, -0.25) is 0 Å². The lowest BCUT2D eigenvalue weighted by molar-refractivity contribution is 0.200. The van der Waals surface area contributed by atoms with Gasteiger partial charge in [-0.1, -0.05) is 19.1 Å². The van der Waals surface area contributed by atoms with Crippen LogP contribution in [-0.2, 0) is 0 Å². The largest absolute Gasteiger partial charge is 0.497 e. The fraction of sp³-hybridized carbons (Fsp3) is 0.647. The predicted molar refractivity (Wildman–Crippen MR) is 84.2 cm³/mol. The van der Waals surface area contributed by atoms with Gasteiger partial charge >= 0.3 is 0 Å². The number of likely N-dealkylation sites (N-methyl/N-ethyl adjacent to an activating group) is 2. The molecule has 1 aromatic carbocycles. The number of rotatable bonds is 8. The third kappa shape index (κ3) is 3.97. The summed E-state index contributed by atoms with van der Waals surface area (Å²) in [6.45, 7) is 6.70. The number of hydrogen-bond acceptors (Lipinski definition) is 3. The van der Waals surface area contributed by atoms with Crippen molar-refractivity contribution in [3.8, 4) is 5.75 Å². The van der Waals surface area contributed by atoms with Crippen molar-refractivity contribution in [3.05, 3.63) is 29.8 Å². The van der Waals surface area contributed by atoms with Crippen LogP contribution in [0.2, 0.25) is 0 Å². The third-order valence-electron chi connectivity index (χ3n) is 4.32. The van der Waals surface area contributed by atoms with Crippen molar-refractivity contribution < 1.29 is 4.74 Å². The van der Waals surface area contributed by atoms with E-state index in [0.717, 1.165) is 18.2 Å². The topological polar surface area (TPSA) is 24.5 Å². The van der Waals surface area contributed by atoms with Crippen molar-refractivity contribution >= 4 is 0 Å². The minimum Gasteiger partial charge on any atom is -0.497 e. The van der Waals surface area contributed by atoms with Gasteiger partial charge in [0.05, 0.1) is 7.11 Å². The lowest BCUT2D eigenvalue weighted by atomic mass is 9.99. The molecular weight excluding hydrogens is 248 g/mol. The summed E-state index contributed by atoms with van der Waals surface area (Å²) >= 11 is 0. The van der Waals surface area contributed by atoms with Gasteiger partial charge in [0.15, 0.2) is 0 Å². The molecule has 0 heterocycles. The highest BCUT2D eigenvalue weighted by atomic mass is 16.5. The molecule has 0 amide bonds. The average Bonchev–Trinajstić information content (AvgIpc) is 3.28. The predicted octanol–water partition coefficient (Wildman–Crippen LogP) is 3.08. The number of nitrogens with one attached hydrogen (secondary N) is 1. The molecule has 0 aromatic heterocycles. The highest BCUT2D eigenvalue weighted by Crippen LogP contribution is 2.31. The van der Waals surface area contributed by atoms with E-state index in [1.807, 2.05) is 12.1 Å². The maximum absolute atomic E-state index is 5.25. The van der Waals surface area contributed by atoms with Gasteiger partial charge in [0.25, 0.3) is 0 Å². The molecule has 0 saturated heterocycles. The van der Waals surface area contributed by atoms with Crippen molar-refractivity contribution in [1.29, 1.82) is 0 Å². The minimum absolute atomic E-state index is 0.370. The number of ether oxygens (including phenoxy) is 1. The smallest absolute Gasteiger partial charge is 0.118 e. The second-order valence-electron chi connectivity index (χ2n) is 5.93. The standard InChI is InChI=1S/C17H28N2O/c1-5-18-17(13(2)19(3)12-14-6-7-14)15-8-10-16(20-4)11-9-15/h8-11,13-14,17-18H,5-7,12H2,1-4H3. The van der Waals surface area contributed by atoms with Crippen molar-refractivity contribution in [2.45, 2.75) is 38.8 Å². The van der Waals surface area contributed by atoms with E-state index in [1.165, 1.54) is 24.9 Å². The van der Waals surface area contributed by atoms with Gasteiger partial charge in [-0.2, -0.15) is 0 Å². The highest BCUT2D eigenvalue weighted by molar-refractivity contribution is 5.29. The molecule has 2 rings (SSSR count). The molecular formula is C17H28N2O. The summed E-state index contributed by atoms with van der Waals surface area (Å²) in [4.78, 5) is 2.50. The molecule has 1 N–H and O–H groups in total. The van der Waals surface area contributed by atoms with Crippen LogP contribution in [0.3, 0.4) is 0 Å². The summed E-state index contributed by atoms with van der Waals surface area (Å²) < 4.78 is 5.25. The number of methoxy groups -OCH3 is 1. The molecule has 0 radical (unpaired) electrons. The van der Waals surface area contributed by atoms with Crippen molar-refractivity contribution in [1.82, 2.24) is 10.2 Å². The lowest BCUT2D eigenvalue weighted by Gasteiger charge is -2.33. The van der Waals surface area contributed by atoms with Crippen molar-refractivity contribution in [3.63, 3.8) is 0 Å². The first kappa shape index (κ1) is 15.3. The fourth-order valence-corrected chi connectivity index (χ4v) is 2.73. The molecule has 3 heteroatoms. The van der Waals surface area contributed by atoms with Crippen LogP contribution in [0.1, 0.15) is 38.3 Å². The quantitative estimate of drug-likeness (QED) is 0.789. The molecule has 1 fully saturated rings. The fourth-order valence-electron chi connectivity index (χ4n) is 2.73. The average molecular weight is 276 g/mol. The van der Waals surface area contributed by atoms with Crippen LogP contribution in [-0.4, -0.2) is 38.2 Å². The van der Waals surface area contributed by atoms with Crippen LogP contribution in [0, 0.1) is 5.92 Å². The molecule has 2 unspecified atom stereocenters. The zero-order chi connectivity index (χ0) is 14.5. The zero-order valence-electron chi connectivity index (χ0n) is 13.2. The molecule has 1 aliphatic carbocycles. The first-order valence-electron chi connectivity index (χ1n) is 7.73. The SMILES string of the molecule is CCNC(c1ccc(OC)cc1)C(C)N(C)CC1CC1. The minimum atomic E-state index is 0.370. The van der Waals surface area contributed by atoms with E-state index in [9.17, 15) is 0 Å². The lowest BCUT2D eigenvalue weighted by Crippen LogP contribution is -2.41. The Morgan fingerprint density at radius 2 is 1.95 bits per heavy atom. The van der Waals surface area contributed by atoms with Gasteiger partial charge in [-0.25, -0.2) is 0 Å². The summed E-state index contributed by atoms with van der Waals surface area (Å²) in [5, 5.41) is 3.63. The summed E-state index contributed by atoms with van der Waals surface area (Å²) in [7, 11) is 3.96. The molecule has 3 nitrogen and oxygen atoms in total. The number of nitrogens with zero attached hydrogens (tertiary/aromatic N) is 1. The normalized spacial score (nSPS) is 18.1. The van der Waals surface area contributed by atoms with Crippen molar-refractivity contribution in [2.24, 2.45) is 5.92 Å². The molecule has 0 spiro atoms. The van der Waals surface area contributed by atoms with E-state index in [2.05, 4.69) is 43.2 Å². The van der Waals surface area contributed by atoms with Crippen LogP contribution in [0.5, 0.6) is 5.75 Å². The molecule has 2 atom stereocenters. The zero-order valence-corrected chi connectivity index (χ0v) is 13.2. The van der Waals surface area contributed by atoms with Gasteiger partial charge in [0.2, 0.25) is 0 Å². The van der Waals surface area contributed by atoms with E-state index in [0.29, 0.717) is 12.1 Å². The molecule has 1 aliphatic rings. The maximum Gasteiger partial charge on any atom is 0.118 e. The van der Waals surface area contributed by atoms with Gasteiger partial charge in [0.1, 0.15) is 5.75 Å². The number of benzene rings is 1. The third-order valence-corrected chi connectivity index (χ3v) is 4.32. The van der Waals surface area contributed by atoms with E-state index in [1.54, 1.807) is 7.11 Å². The van der Waals surface area contributed by atoms with Gasteiger partial charge in [-0.05, 0) is 57.0 Å². The summed E-state index contributed by atoms with van der Waals surface area (Å²) in [5.41, 5.74) is 1.34. The monoisotopic (exact) mass is 276 g/mol. The van der Waals surface area contributed by atoms with Gasteiger partial charge < -0.3 is 15.0 Å². The maximum atomic E-state index is 5.25. The molecule has 1 aromatic rings. The second-order valence-corrected chi connectivity index (χ2v) is 5.93. The van der Waals surface area contributed by atoms with Gasteiger partial charge in [-0.15, -0.1) is 0 Å². The Morgan fingerprint density at radius 3 is 2.45 bits per heavy atom. The molecule has 20 heavy (non-hydrogen) atoms. The Labute approximate surface area is 123 Å². The summed E-state index contributed by atoms with van der Waals surface area (Å²) in [5.74, 6) is 1.85. The summed E-state index contributed by atoms with van der Waals surface area (Å²) in [6, 6.07) is 9.31. The van der Waals surface area contributed by atoms with E-state index < -0.39 is 0 Å². The van der Waals surface area contributed by atoms with Crippen LogP contribution < -0.4 is 10.1 Å². The van der Waals surface area contributed by atoms with Crippen molar-refractivity contribution in [2.75, 3.05) is 27.2 Å².